The Bertz CT molecular complexity index is 853. The van der Waals surface area contributed by atoms with Gasteiger partial charge in [-0.3, -0.25) is 9.69 Å². The molecule has 0 unspecified atom stereocenters. The van der Waals surface area contributed by atoms with E-state index in [0.29, 0.717) is 12.5 Å². The minimum atomic E-state index is 0.0918. The van der Waals surface area contributed by atoms with Crippen molar-refractivity contribution in [3.05, 3.63) is 59.2 Å². The van der Waals surface area contributed by atoms with Crippen LogP contribution < -0.4 is 9.47 Å². The lowest BCUT2D eigenvalue weighted by Gasteiger charge is -2.37. The molecule has 0 aromatic heterocycles. The predicted molar refractivity (Wildman–Crippen MR) is 113 cm³/mol. The first-order valence-corrected chi connectivity index (χ1v) is 10.5. The topological polar surface area (TPSA) is 42.0 Å². The van der Waals surface area contributed by atoms with Gasteiger partial charge in [-0.05, 0) is 54.6 Å². The first-order valence-electron chi connectivity index (χ1n) is 10.5. The van der Waals surface area contributed by atoms with Crippen molar-refractivity contribution in [1.82, 2.24) is 9.80 Å². The van der Waals surface area contributed by atoms with E-state index < -0.39 is 0 Å². The monoisotopic (exact) mass is 394 g/mol. The zero-order chi connectivity index (χ0) is 20.2. The van der Waals surface area contributed by atoms with Gasteiger partial charge in [0, 0.05) is 26.2 Å². The number of carbonyl (C=O) groups is 1. The highest BCUT2D eigenvalue weighted by Gasteiger charge is 2.31. The molecule has 2 aliphatic rings. The highest BCUT2D eigenvalue weighted by atomic mass is 16.5. The summed E-state index contributed by atoms with van der Waals surface area (Å²) in [5, 5.41) is 0. The summed E-state index contributed by atoms with van der Waals surface area (Å²) in [6.07, 6.45) is 2.93. The zero-order valence-electron chi connectivity index (χ0n) is 17.4. The average Bonchev–Trinajstić information content (AvgIpc) is 2.78. The maximum absolute atomic E-state index is 13.3. The molecule has 0 N–H and O–H groups in total. The van der Waals surface area contributed by atoms with E-state index in [1.165, 1.54) is 16.7 Å². The van der Waals surface area contributed by atoms with Gasteiger partial charge in [0.05, 0.1) is 20.1 Å². The highest BCUT2D eigenvalue weighted by molar-refractivity contribution is 5.79. The number of piperidine rings is 1. The molecule has 0 spiro atoms. The molecule has 1 fully saturated rings. The Hall–Kier alpha value is -2.53. The van der Waals surface area contributed by atoms with Crippen LogP contribution in [0.15, 0.2) is 42.5 Å². The van der Waals surface area contributed by atoms with Gasteiger partial charge in [0.1, 0.15) is 0 Å². The fraction of sp³-hybridized carbons (Fsp3) is 0.458. The number of benzene rings is 2. The lowest BCUT2D eigenvalue weighted by molar-refractivity contribution is -0.138. The zero-order valence-corrected chi connectivity index (χ0v) is 17.4. The largest absolute Gasteiger partial charge is 0.493 e. The first-order chi connectivity index (χ1) is 14.2. The van der Waals surface area contributed by atoms with Crippen LogP contribution in [0.5, 0.6) is 11.5 Å². The Kier molecular flexibility index (Phi) is 6.05. The van der Waals surface area contributed by atoms with E-state index in [1.54, 1.807) is 14.2 Å². The van der Waals surface area contributed by atoms with Gasteiger partial charge in [-0.25, -0.2) is 0 Å². The minimum Gasteiger partial charge on any atom is -0.493 e. The Labute approximate surface area is 173 Å². The Morgan fingerprint density at radius 1 is 1.03 bits per heavy atom. The van der Waals surface area contributed by atoms with Gasteiger partial charge in [-0.1, -0.05) is 30.3 Å². The number of nitrogens with zero attached hydrogens (tertiary/aromatic N) is 2. The smallest absolute Gasteiger partial charge is 0.227 e. The van der Waals surface area contributed by atoms with E-state index in [-0.39, 0.29) is 5.92 Å². The average molecular weight is 395 g/mol. The van der Waals surface area contributed by atoms with Gasteiger partial charge in [0.2, 0.25) is 5.91 Å². The van der Waals surface area contributed by atoms with Gasteiger partial charge in [-0.15, -0.1) is 0 Å². The molecule has 2 aromatic rings. The summed E-state index contributed by atoms with van der Waals surface area (Å²) >= 11 is 0. The van der Waals surface area contributed by atoms with E-state index in [1.807, 2.05) is 17.0 Å². The molecule has 0 radical (unpaired) electrons. The quantitative estimate of drug-likeness (QED) is 0.778. The molecule has 2 aromatic carbocycles. The normalized spacial score (nSPS) is 19.5. The van der Waals surface area contributed by atoms with Crippen molar-refractivity contribution in [2.45, 2.75) is 32.4 Å². The maximum Gasteiger partial charge on any atom is 0.227 e. The number of ether oxygens (including phenoxy) is 2. The summed E-state index contributed by atoms with van der Waals surface area (Å²) in [5.41, 5.74) is 3.73. The van der Waals surface area contributed by atoms with Crippen molar-refractivity contribution in [2.24, 2.45) is 5.92 Å². The van der Waals surface area contributed by atoms with Crippen LogP contribution in [-0.2, 0) is 24.3 Å². The van der Waals surface area contributed by atoms with Gasteiger partial charge in [-0.2, -0.15) is 0 Å². The number of fused-ring (bicyclic) bond motifs is 1. The first kappa shape index (κ1) is 19.8. The molecule has 1 atom stereocenters. The molecule has 5 nitrogen and oxygen atoms in total. The molecule has 4 rings (SSSR count). The number of rotatable bonds is 5. The lowest BCUT2D eigenvalue weighted by atomic mass is 9.93. The third-order valence-corrected chi connectivity index (χ3v) is 6.13. The van der Waals surface area contributed by atoms with E-state index in [9.17, 15) is 4.79 Å². The second kappa shape index (κ2) is 8.87. The van der Waals surface area contributed by atoms with Crippen molar-refractivity contribution in [1.29, 1.82) is 0 Å². The predicted octanol–water partition coefficient (Wildman–Crippen LogP) is 3.50. The summed E-state index contributed by atoms with van der Waals surface area (Å²) in [6, 6.07) is 14.6. The molecule has 0 saturated carbocycles. The van der Waals surface area contributed by atoms with Crippen molar-refractivity contribution < 1.29 is 14.3 Å². The molecule has 1 amide bonds. The summed E-state index contributed by atoms with van der Waals surface area (Å²) in [5.74, 6) is 1.87. The van der Waals surface area contributed by atoms with Gasteiger partial charge < -0.3 is 14.4 Å². The number of amides is 1. The van der Waals surface area contributed by atoms with E-state index in [2.05, 4.69) is 35.2 Å². The summed E-state index contributed by atoms with van der Waals surface area (Å²) < 4.78 is 10.9. The van der Waals surface area contributed by atoms with Gasteiger partial charge in [0.15, 0.2) is 11.5 Å². The summed E-state index contributed by atoms with van der Waals surface area (Å²) in [6.45, 7) is 4.27. The van der Waals surface area contributed by atoms with Crippen LogP contribution >= 0.6 is 0 Å². The SMILES string of the molecule is COc1cc2c(cc1OC)CN(C(=O)[C@H]1CCCN(Cc3ccccc3)C1)CC2. The fourth-order valence-corrected chi connectivity index (χ4v) is 4.57. The number of methoxy groups -OCH3 is 2. The standard InChI is InChI=1S/C24H30N2O3/c1-28-22-13-19-10-12-26(17-21(19)14-23(22)29-2)24(27)20-9-6-11-25(16-20)15-18-7-4-3-5-8-18/h3-5,7-8,13-14,20H,6,9-12,15-17H2,1-2H3/t20-/m0/s1. The molecule has 154 valence electrons. The third-order valence-electron chi connectivity index (χ3n) is 6.13. The van der Waals surface area contributed by atoms with Crippen molar-refractivity contribution >= 4 is 5.91 Å². The van der Waals surface area contributed by atoms with Crippen LogP contribution in [-0.4, -0.2) is 49.6 Å². The number of hydrogen-bond donors (Lipinski definition) is 0. The Balaban J connectivity index is 1.42. The molecule has 5 heteroatoms. The number of likely N-dealkylation sites (tertiary alicyclic amines) is 1. The lowest BCUT2D eigenvalue weighted by Crippen LogP contribution is -2.46. The van der Waals surface area contributed by atoms with Crippen molar-refractivity contribution in [3.8, 4) is 11.5 Å². The second-order valence-corrected chi connectivity index (χ2v) is 8.05. The Morgan fingerprint density at radius 2 is 1.76 bits per heavy atom. The van der Waals surface area contributed by atoms with E-state index in [4.69, 9.17) is 9.47 Å². The van der Waals surface area contributed by atoms with Gasteiger partial charge >= 0.3 is 0 Å². The highest BCUT2D eigenvalue weighted by Crippen LogP contribution is 2.34. The van der Waals surface area contributed by atoms with Crippen LogP contribution in [0.25, 0.3) is 0 Å². The maximum atomic E-state index is 13.3. The Morgan fingerprint density at radius 3 is 2.48 bits per heavy atom. The minimum absolute atomic E-state index is 0.0918. The number of carbonyl (C=O) groups excluding carboxylic acids is 1. The van der Waals surface area contributed by atoms with Gasteiger partial charge in [0.25, 0.3) is 0 Å². The van der Waals surface area contributed by atoms with Crippen LogP contribution in [0.4, 0.5) is 0 Å². The molecule has 1 saturated heterocycles. The molecule has 0 aliphatic carbocycles. The molecule has 2 aliphatic heterocycles. The van der Waals surface area contributed by atoms with Crippen LogP contribution in [0.3, 0.4) is 0 Å². The number of hydrogen-bond acceptors (Lipinski definition) is 4. The van der Waals surface area contributed by atoms with Crippen LogP contribution in [0.2, 0.25) is 0 Å². The fourth-order valence-electron chi connectivity index (χ4n) is 4.57. The van der Waals surface area contributed by atoms with E-state index in [0.717, 1.165) is 56.9 Å². The van der Waals surface area contributed by atoms with Crippen molar-refractivity contribution in [2.75, 3.05) is 33.9 Å². The molecular weight excluding hydrogens is 364 g/mol. The molecule has 29 heavy (non-hydrogen) atoms. The second-order valence-electron chi connectivity index (χ2n) is 8.05. The van der Waals surface area contributed by atoms with Crippen LogP contribution in [0.1, 0.15) is 29.5 Å². The van der Waals surface area contributed by atoms with Crippen LogP contribution in [0, 0.1) is 5.92 Å². The summed E-state index contributed by atoms with van der Waals surface area (Å²) in [7, 11) is 3.31. The van der Waals surface area contributed by atoms with E-state index >= 15 is 0 Å². The molecule has 2 heterocycles. The van der Waals surface area contributed by atoms with Crippen molar-refractivity contribution in [3.63, 3.8) is 0 Å². The molecule has 0 bridgehead atoms. The third kappa shape index (κ3) is 4.40. The summed E-state index contributed by atoms with van der Waals surface area (Å²) in [4.78, 5) is 17.7. The molecular formula is C24H30N2O3.